The number of sulfonamides is 1. The molecule has 0 aromatic heterocycles. The van der Waals surface area contributed by atoms with Crippen LogP contribution in [0.1, 0.15) is 25.8 Å². The zero-order valence-electron chi connectivity index (χ0n) is 12.1. The summed E-state index contributed by atoms with van der Waals surface area (Å²) in [5.41, 5.74) is 0.860. The number of carbonyl (C=O) groups is 1. The Morgan fingerprint density at radius 1 is 1.30 bits per heavy atom. The molecule has 0 unspecified atom stereocenters. The van der Waals surface area contributed by atoms with Gasteiger partial charge in [-0.25, -0.2) is 8.42 Å². The van der Waals surface area contributed by atoms with Crippen molar-refractivity contribution in [2.75, 3.05) is 19.7 Å². The Morgan fingerprint density at radius 2 is 2.00 bits per heavy atom. The van der Waals surface area contributed by atoms with E-state index in [0.29, 0.717) is 6.42 Å². The maximum absolute atomic E-state index is 12.5. The number of ether oxygens (including phenoxy) is 1. The standard InChI is InChI=1S/C14H21NO4S/c1-4-9-15(11-14(16)19-5-2)20(17,18)13-8-6-7-12(3)10-13/h6-8,10H,4-5,9,11H2,1-3H3. The van der Waals surface area contributed by atoms with Crippen LogP contribution in [-0.2, 0) is 19.6 Å². The summed E-state index contributed by atoms with van der Waals surface area (Å²) < 4.78 is 31.1. The van der Waals surface area contributed by atoms with Crippen LogP contribution in [0, 0.1) is 6.92 Å². The molecule has 0 radical (unpaired) electrons. The summed E-state index contributed by atoms with van der Waals surface area (Å²) in [5.74, 6) is -0.530. The summed E-state index contributed by atoms with van der Waals surface area (Å²) in [7, 11) is -3.67. The van der Waals surface area contributed by atoms with E-state index in [4.69, 9.17) is 4.74 Å². The van der Waals surface area contributed by atoms with Gasteiger partial charge in [-0.05, 0) is 38.0 Å². The van der Waals surface area contributed by atoms with E-state index in [2.05, 4.69) is 0 Å². The maximum Gasteiger partial charge on any atom is 0.321 e. The number of rotatable bonds is 7. The van der Waals surface area contributed by atoms with Crippen LogP contribution in [0.4, 0.5) is 0 Å². The molecule has 0 saturated heterocycles. The molecule has 0 bridgehead atoms. The van der Waals surface area contributed by atoms with E-state index in [9.17, 15) is 13.2 Å². The average Bonchev–Trinajstić information content (AvgIpc) is 2.38. The molecule has 0 aliphatic carbocycles. The van der Waals surface area contributed by atoms with Crippen molar-refractivity contribution in [2.45, 2.75) is 32.1 Å². The molecule has 20 heavy (non-hydrogen) atoms. The van der Waals surface area contributed by atoms with Crippen LogP contribution >= 0.6 is 0 Å². The average molecular weight is 299 g/mol. The van der Waals surface area contributed by atoms with Crippen LogP contribution in [0.3, 0.4) is 0 Å². The topological polar surface area (TPSA) is 63.7 Å². The second-order valence-electron chi connectivity index (χ2n) is 4.46. The smallest absolute Gasteiger partial charge is 0.321 e. The third-order valence-corrected chi connectivity index (χ3v) is 4.55. The Kier molecular flexibility index (Phi) is 6.16. The van der Waals surface area contributed by atoms with E-state index >= 15 is 0 Å². The molecular formula is C14H21NO4S. The number of aryl methyl sites for hydroxylation is 1. The summed E-state index contributed by atoms with van der Waals surface area (Å²) in [4.78, 5) is 11.7. The van der Waals surface area contributed by atoms with E-state index in [1.54, 1.807) is 19.1 Å². The lowest BCUT2D eigenvalue weighted by Gasteiger charge is -2.20. The van der Waals surface area contributed by atoms with Gasteiger partial charge >= 0.3 is 5.97 Å². The van der Waals surface area contributed by atoms with Crippen molar-refractivity contribution < 1.29 is 17.9 Å². The van der Waals surface area contributed by atoms with Crippen LogP contribution < -0.4 is 0 Å². The highest BCUT2D eigenvalue weighted by atomic mass is 32.2. The van der Waals surface area contributed by atoms with Gasteiger partial charge in [0.25, 0.3) is 0 Å². The summed E-state index contributed by atoms with van der Waals surface area (Å²) in [6.45, 7) is 5.66. The summed E-state index contributed by atoms with van der Waals surface area (Å²) in [6, 6.07) is 6.66. The van der Waals surface area contributed by atoms with E-state index in [0.717, 1.165) is 5.56 Å². The molecule has 112 valence electrons. The van der Waals surface area contributed by atoms with E-state index in [1.807, 2.05) is 19.9 Å². The predicted molar refractivity (Wildman–Crippen MR) is 76.9 cm³/mol. The fraction of sp³-hybridized carbons (Fsp3) is 0.500. The van der Waals surface area contributed by atoms with Crippen molar-refractivity contribution in [3.05, 3.63) is 29.8 Å². The lowest BCUT2D eigenvalue weighted by Crippen LogP contribution is -2.37. The molecule has 0 N–H and O–H groups in total. The van der Waals surface area contributed by atoms with Crippen LogP contribution in [0.15, 0.2) is 29.2 Å². The molecule has 0 aliphatic rings. The Hall–Kier alpha value is -1.40. The number of esters is 1. The third kappa shape index (κ3) is 4.31. The van der Waals surface area contributed by atoms with Gasteiger partial charge in [-0.15, -0.1) is 0 Å². The molecule has 6 heteroatoms. The molecule has 0 heterocycles. The number of carbonyl (C=O) groups excluding carboxylic acids is 1. The Balaban J connectivity index is 3.03. The van der Waals surface area contributed by atoms with Crippen molar-refractivity contribution in [3.63, 3.8) is 0 Å². The SMILES string of the molecule is CCCN(CC(=O)OCC)S(=O)(=O)c1cccc(C)c1. The van der Waals surface area contributed by atoms with Gasteiger partial charge in [0.15, 0.2) is 0 Å². The third-order valence-electron chi connectivity index (χ3n) is 2.71. The highest BCUT2D eigenvalue weighted by Gasteiger charge is 2.26. The van der Waals surface area contributed by atoms with Crippen molar-refractivity contribution in [1.29, 1.82) is 0 Å². The highest BCUT2D eigenvalue weighted by molar-refractivity contribution is 7.89. The van der Waals surface area contributed by atoms with E-state index < -0.39 is 16.0 Å². The number of nitrogens with zero attached hydrogens (tertiary/aromatic N) is 1. The molecule has 5 nitrogen and oxygen atoms in total. The van der Waals surface area contributed by atoms with Crippen LogP contribution in [0.5, 0.6) is 0 Å². The highest BCUT2D eigenvalue weighted by Crippen LogP contribution is 2.17. The van der Waals surface area contributed by atoms with Gasteiger partial charge in [-0.2, -0.15) is 4.31 Å². The molecular weight excluding hydrogens is 278 g/mol. The molecule has 1 aromatic rings. The van der Waals surface area contributed by atoms with E-state index in [-0.39, 0.29) is 24.6 Å². The molecule has 0 amide bonds. The summed E-state index contributed by atoms with van der Waals surface area (Å²) in [5, 5.41) is 0. The van der Waals surface area contributed by atoms with Crippen LogP contribution in [0.25, 0.3) is 0 Å². The monoisotopic (exact) mass is 299 g/mol. The molecule has 0 atom stereocenters. The van der Waals surface area contributed by atoms with Gasteiger partial charge in [0.1, 0.15) is 6.54 Å². The molecule has 1 aromatic carbocycles. The van der Waals surface area contributed by atoms with Crippen molar-refractivity contribution in [1.82, 2.24) is 4.31 Å². The minimum atomic E-state index is -3.67. The Labute approximate surface area is 120 Å². The van der Waals surface area contributed by atoms with Crippen LogP contribution in [-0.4, -0.2) is 38.4 Å². The zero-order chi connectivity index (χ0) is 15.2. The molecule has 0 spiro atoms. The first-order valence-corrected chi connectivity index (χ1v) is 8.08. The number of hydrogen-bond acceptors (Lipinski definition) is 4. The summed E-state index contributed by atoms with van der Waals surface area (Å²) >= 11 is 0. The van der Waals surface area contributed by atoms with Crippen molar-refractivity contribution >= 4 is 16.0 Å². The minimum Gasteiger partial charge on any atom is -0.465 e. The van der Waals surface area contributed by atoms with Crippen molar-refractivity contribution in [3.8, 4) is 0 Å². The second kappa shape index (κ2) is 7.40. The first kappa shape index (κ1) is 16.7. The van der Waals surface area contributed by atoms with E-state index in [1.165, 1.54) is 10.4 Å². The van der Waals surface area contributed by atoms with Gasteiger partial charge < -0.3 is 4.74 Å². The van der Waals surface area contributed by atoms with Gasteiger partial charge in [-0.3, -0.25) is 4.79 Å². The zero-order valence-corrected chi connectivity index (χ0v) is 12.9. The lowest BCUT2D eigenvalue weighted by molar-refractivity contribution is -0.143. The number of hydrogen-bond donors (Lipinski definition) is 0. The van der Waals surface area contributed by atoms with Gasteiger partial charge in [0, 0.05) is 6.54 Å². The fourth-order valence-corrected chi connectivity index (χ4v) is 3.39. The minimum absolute atomic E-state index is 0.204. The summed E-state index contributed by atoms with van der Waals surface area (Å²) in [6.07, 6.45) is 0.629. The predicted octanol–water partition coefficient (Wildman–Crippen LogP) is 1.96. The first-order valence-electron chi connectivity index (χ1n) is 6.64. The van der Waals surface area contributed by atoms with Crippen LogP contribution in [0.2, 0.25) is 0 Å². The Morgan fingerprint density at radius 3 is 2.55 bits per heavy atom. The first-order chi connectivity index (χ1) is 9.41. The second-order valence-corrected chi connectivity index (χ2v) is 6.40. The fourth-order valence-electron chi connectivity index (χ4n) is 1.81. The molecule has 1 rings (SSSR count). The largest absolute Gasteiger partial charge is 0.465 e. The van der Waals surface area contributed by atoms with Crippen molar-refractivity contribution in [2.24, 2.45) is 0 Å². The lowest BCUT2D eigenvalue weighted by atomic mass is 10.2. The van der Waals surface area contributed by atoms with Gasteiger partial charge in [0.05, 0.1) is 11.5 Å². The Bertz CT molecular complexity index is 554. The van der Waals surface area contributed by atoms with Gasteiger partial charge in [0.2, 0.25) is 10.0 Å². The number of benzene rings is 1. The molecule has 0 fully saturated rings. The van der Waals surface area contributed by atoms with Gasteiger partial charge in [-0.1, -0.05) is 19.1 Å². The maximum atomic E-state index is 12.5. The quantitative estimate of drug-likeness (QED) is 0.722. The normalized spacial score (nSPS) is 11.6. The molecule has 0 saturated carbocycles. The molecule has 0 aliphatic heterocycles.